The minimum Gasteiger partial charge on any atom is -0.369 e. The van der Waals surface area contributed by atoms with Crippen molar-refractivity contribution in [2.45, 2.75) is 6.54 Å². The number of fused-ring (bicyclic) bond motifs is 1. The molecule has 1 saturated heterocycles. The van der Waals surface area contributed by atoms with Gasteiger partial charge in [-0.25, -0.2) is 0 Å². The number of hydrogen-bond acceptors (Lipinski definition) is 3. The summed E-state index contributed by atoms with van der Waals surface area (Å²) in [4.78, 5) is 9.65. The molecule has 0 radical (unpaired) electrons. The van der Waals surface area contributed by atoms with Crippen LogP contribution in [0.25, 0.3) is 10.9 Å². The van der Waals surface area contributed by atoms with Gasteiger partial charge in [-0.05, 0) is 30.3 Å². The molecule has 4 heteroatoms. The van der Waals surface area contributed by atoms with Crippen LogP contribution in [0.2, 0.25) is 5.02 Å². The van der Waals surface area contributed by atoms with E-state index < -0.39 is 0 Å². The van der Waals surface area contributed by atoms with Gasteiger partial charge in [-0.15, -0.1) is 0 Å². The lowest BCUT2D eigenvalue weighted by Gasteiger charge is -2.36. The molecular weight excluding hydrogens is 318 g/mol. The highest BCUT2D eigenvalue weighted by Gasteiger charge is 2.17. The van der Waals surface area contributed by atoms with Crippen LogP contribution in [-0.2, 0) is 6.54 Å². The van der Waals surface area contributed by atoms with E-state index in [0.29, 0.717) is 0 Å². The number of aromatic nitrogens is 1. The second kappa shape index (κ2) is 6.80. The van der Waals surface area contributed by atoms with Gasteiger partial charge in [-0.1, -0.05) is 41.9 Å². The van der Waals surface area contributed by atoms with Crippen molar-refractivity contribution >= 4 is 28.2 Å². The maximum Gasteiger partial charge on any atom is 0.0705 e. The quantitative estimate of drug-likeness (QED) is 0.713. The first-order valence-corrected chi connectivity index (χ1v) is 8.73. The fourth-order valence-corrected chi connectivity index (χ4v) is 3.45. The van der Waals surface area contributed by atoms with Gasteiger partial charge in [0.25, 0.3) is 0 Å². The van der Waals surface area contributed by atoms with Crippen molar-refractivity contribution in [3.63, 3.8) is 0 Å². The number of benzene rings is 2. The number of pyridine rings is 1. The summed E-state index contributed by atoms with van der Waals surface area (Å²) in [7, 11) is 0. The van der Waals surface area contributed by atoms with E-state index in [1.54, 1.807) is 0 Å². The Hall–Kier alpha value is -2.10. The maximum atomic E-state index is 6.10. The zero-order valence-corrected chi connectivity index (χ0v) is 14.3. The number of para-hydroxylation sites is 1. The Balaban J connectivity index is 1.40. The first kappa shape index (κ1) is 15.4. The average molecular weight is 338 g/mol. The van der Waals surface area contributed by atoms with Gasteiger partial charge in [0.05, 0.1) is 11.2 Å². The predicted molar refractivity (Wildman–Crippen MR) is 101 cm³/mol. The largest absolute Gasteiger partial charge is 0.369 e. The molecule has 0 saturated carbocycles. The molecule has 4 rings (SSSR count). The highest BCUT2D eigenvalue weighted by atomic mass is 35.5. The summed E-state index contributed by atoms with van der Waals surface area (Å²) in [6.45, 7) is 5.04. The standard InChI is InChI=1S/C20H20ClN3/c21-17-5-3-6-19(14-17)24-12-10-23(11-13-24)15-18-9-8-16-4-1-2-7-20(16)22-18/h1-9,14H,10-13,15H2. The first-order valence-electron chi connectivity index (χ1n) is 8.35. The molecule has 1 aliphatic rings. The van der Waals surface area contributed by atoms with E-state index >= 15 is 0 Å². The molecule has 24 heavy (non-hydrogen) atoms. The normalized spacial score (nSPS) is 15.8. The van der Waals surface area contributed by atoms with Crippen molar-refractivity contribution in [2.24, 2.45) is 0 Å². The molecule has 0 unspecified atom stereocenters. The molecule has 1 aromatic heterocycles. The Bertz CT molecular complexity index is 841. The van der Waals surface area contributed by atoms with Gasteiger partial charge in [0.2, 0.25) is 0 Å². The molecule has 0 atom stereocenters. The van der Waals surface area contributed by atoms with Crippen molar-refractivity contribution < 1.29 is 0 Å². The molecule has 0 amide bonds. The molecule has 1 aliphatic heterocycles. The zero-order chi connectivity index (χ0) is 16.4. The van der Waals surface area contributed by atoms with Crippen molar-refractivity contribution in [3.8, 4) is 0 Å². The number of piperazine rings is 1. The van der Waals surface area contributed by atoms with Crippen molar-refractivity contribution in [2.75, 3.05) is 31.1 Å². The summed E-state index contributed by atoms with van der Waals surface area (Å²) in [5.41, 5.74) is 3.43. The van der Waals surface area contributed by atoms with Crippen LogP contribution in [-0.4, -0.2) is 36.1 Å². The third-order valence-corrected chi connectivity index (χ3v) is 4.82. The van der Waals surface area contributed by atoms with Crippen molar-refractivity contribution in [1.29, 1.82) is 0 Å². The molecule has 0 bridgehead atoms. The topological polar surface area (TPSA) is 19.4 Å². The fraction of sp³-hybridized carbons (Fsp3) is 0.250. The lowest BCUT2D eigenvalue weighted by atomic mass is 10.2. The number of hydrogen-bond donors (Lipinski definition) is 0. The zero-order valence-electron chi connectivity index (χ0n) is 13.5. The molecular formula is C20H20ClN3. The Morgan fingerprint density at radius 1 is 0.875 bits per heavy atom. The van der Waals surface area contributed by atoms with E-state index in [4.69, 9.17) is 16.6 Å². The lowest BCUT2D eigenvalue weighted by molar-refractivity contribution is 0.247. The van der Waals surface area contributed by atoms with Gasteiger partial charge in [0.1, 0.15) is 0 Å². The molecule has 0 N–H and O–H groups in total. The summed E-state index contributed by atoms with van der Waals surface area (Å²) < 4.78 is 0. The number of halogens is 1. The first-order chi connectivity index (χ1) is 11.8. The second-order valence-corrected chi connectivity index (χ2v) is 6.67. The summed E-state index contributed by atoms with van der Waals surface area (Å²) in [5, 5.41) is 2.00. The smallest absolute Gasteiger partial charge is 0.0705 e. The van der Waals surface area contributed by atoms with Crippen LogP contribution in [0.1, 0.15) is 5.69 Å². The second-order valence-electron chi connectivity index (χ2n) is 6.24. The Morgan fingerprint density at radius 2 is 1.71 bits per heavy atom. The SMILES string of the molecule is Clc1cccc(N2CCN(Cc3ccc4ccccc4n3)CC2)c1. The average Bonchev–Trinajstić information content (AvgIpc) is 2.62. The summed E-state index contributed by atoms with van der Waals surface area (Å²) in [6, 6.07) is 20.7. The van der Waals surface area contributed by atoms with Crippen LogP contribution in [0, 0.1) is 0 Å². The monoisotopic (exact) mass is 337 g/mol. The Kier molecular flexibility index (Phi) is 4.37. The summed E-state index contributed by atoms with van der Waals surface area (Å²) in [5.74, 6) is 0. The van der Waals surface area contributed by atoms with Gasteiger partial charge >= 0.3 is 0 Å². The maximum absolute atomic E-state index is 6.10. The molecule has 0 spiro atoms. The van der Waals surface area contributed by atoms with E-state index in [9.17, 15) is 0 Å². The predicted octanol–water partition coefficient (Wildman–Crippen LogP) is 4.21. The van der Waals surface area contributed by atoms with Crippen LogP contribution >= 0.6 is 11.6 Å². The third-order valence-electron chi connectivity index (χ3n) is 4.59. The molecule has 0 aliphatic carbocycles. The van der Waals surface area contributed by atoms with Crippen LogP contribution in [0.5, 0.6) is 0 Å². The molecule has 3 nitrogen and oxygen atoms in total. The summed E-state index contributed by atoms with van der Waals surface area (Å²) in [6.07, 6.45) is 0. The van der Waals surface area contributed by atoms with E-state index in [1.165, 1.54) is 11.1 Å². The van der Waals surface area contributed by atoms with Crippen LogP contribution in [0.15, 0.2) is 60.7 Å². The molecule has 1 fully saturated rings. The van der Waals surface area contributed by atoms with E-state index in [0.717, 1.165) is 49.0 Å². The number of anilines is 1. The van der Waals surface area contributed by atoms with Crippen LogP contribution in [0.3, 0.4) is 0 Å². The Morgan fingerprint density at radius 3 is 2.54 bits per heavy atom. The van der Waals surface area contributed by atoms with E-state index in [1.807, 2.05) is 24.3 Å². The van der Waals surface area contributed by atoms with Gasteiger partial charge < -0.3 is 4.90 Å². The highest BCUT2D eigenvalue weighted by molar-refractivity contribution is 6.30. The van der Waals surface area contributed by atoms with Gasteiger partial charge in [-0.2, -0.15) is 0 Å². The van der Waals surface area contributed by atoms with E-state index in [-0.39, 0.29) is 0 Å². The molecule has 2 heterocycles. The van der Waals surface area contributed by atoms with Gasteiger partial charge in [0.15, 0.2) is 0 Å². The van der Waals surface area contributed by atoms with Crippen LogP contribution in [0.4, 0.5) is 5.69 Å². The van der Waals surface area contributed by atoms with Gasteiger partial charge in [0, 0.05) is 48.8 Å². The Labute approximate surface area is 147 Å². The van der Waals surface area contributed by atoms with Gasteiger partial charge in [-0.3, -0.25) is 9.88 Å². The van der Waals surface area contributed by atoms with Crippen LogP contribution < -0.4 is 4.90 Å². The van der Waals surface area contributed by atoms with Crippen molar-refractivity contribution in [3.05, 3.63) is 71.4 Å². The fourth-order valence-electron chi connectivity index (χ4n) is 3.26. The highest BCUT2D eigenvalue weighted by Crippen LogP contribution is 2.21. The third kappa shape index (κ3) is 3.37. The summed E-state index contributed by atoms with van der Waals surface area (Å²) >= 11 is 6.10. The molecule has 122 valence electrons. The molecule has 3 aromatic rings. The molecule has 2 aromatic carbocycles. The minimum atomic E-state index is 0.801. The lowest BCUT2D eigenvalue weighted by Crippen LogP contribution is -2.46. The minimum absolute atomic E-state index is 0.801. The number of rotatable bonds is 3. The number of nitrogens with zero attached hydrogens (tertiary/aromatic N) is 3. The van der Waals surface area contributed by atoms with Crippen molar-refractivity contribution in [1.82, 2.24) is 9.88 Å². The van der Waals surface area contributed by atoms with E-state index in [2.05, 4.69) is 46.2 Å².